The van der Waals surface area contributed by atoms with Crippen LogP contribution in [0.15, 0.2) is 63.9 Å². The SMILES string of the molecule is CC(=O)N1CCC(n2cc(-c3cnc(N)c4oc(C5=CC6=CC=CC(C)C6N=C5)cc34)cn2)CC1. The van der Waals surface area contributed by atoms with Crippen molar-refractivity contribution < 1.29 is 9.21 Å². The highest BCUT2D eigenvalue weighted by Crippen LogP contribution is 2.37. The van der Waals surface area contributed by atoms with Gasteiger partial charge in [-0.1, -0.05) is 25.2 Å². The number of carbonyl (C=O) groups excluding carboxylic acids is 1. The fraction of sp³-hybridized carbons (Fsp3) is 0.333. The van der Waals surface area contributed by atoms with Gasteiger partial charge in [0.2, 0.25) is 5.91 Å². The number of nitrogens with zero attached hydrogens (tertiary/aromatic N) is 5. The largest absolute Gasteiger partial charge is 0.452 e. The molecule has 2 N–H and O–H groups in total. The third kappa shape index (κ3) is 3.79. The molecule has 6 rings (SSSR count). The van der Waals surface area contributed by atoms with Crippen LogP contribution in [0.4, 0.5) is 5.82 Å². The fourth-order valence-corrected chi connectivity index (χ4v) is 5.25. The lowest BCUT2D eigenvalue weighted by Crippen LogP contribution is -2.37. The van der Waals surface area contributed by atoms with E-state index in [0.29, 0.717) is 17.3 Å². The predicted molar refractivity (Wildman–Crippen MR) is 137 cm³/mol. The van der Waals surface area contributed by atoms with E-state index in [2.05, 4.69) is 47.5 Å². The summed E-state index contributed by atoms with van der Waals surface area (Å²) in [6.45, 7) is 5.33. The van der Waals surface area contributed by atoms with Crippen molar-refractivity contribution in [1.82, 2.24) is 19.7 Å². The number of hydrogen-bond donors (Lipinski definition) is 1. The molecule has 3 aromatic rings. The Labute approximate surface area is 203 Å². The van der Waals surface area contributed by atoms with Crippen molar-refractivity contribution in [2.75, 3.05) is 18.8 Å². The van der Waals surface area contributed by atoms with Gasteiger partial charge in [0.25, 0.3) is 0 Å². The minimum atomic E-state index is 0.134. The summed E-state index contributed by atoms with van der Waals surface area (Å²) in [5.41, 5.74) is 10.8. The van der Waals surface area contributed by atoms with Gasteiger partial charge in [-0.15, -0.1) is 0 Å². The molecule has 0 spiro atoms. The first-order valence-corrected chi connectivity index (χ1v) is 12.1. The van der Waals surface area contributed by atoms with E-state index in [-0.39, 0.29) is 18.0 Å². The third-order valence-corrected chi connectivity index (χ3v) is 7.31. The summed E-state index contributed by atoms with van der Waals surface area (Å²) < 4.78 is 8.22. The number of aliphatic imine (C=N–C) groups is 1. The maximum atomic E-state index is 11.6. The van der Waals surface area contributed by atoms with Gasteiger partial charge in [0, 0.05) is 66.6 Å². The first kappa shape index (κ1) is 21.6. The number of anilines is 1. The second-order valence-electron chi connectivity index (χ2n) is 9.59. The molecule has 1 fully saturated rings. The number of hydrogen-bond acceptors (Lipinski definition) is 6. The lowest BCUT2D eigenvalue weighted by molar-refractivity contribution is -0.130. The van der Waals surface area contributed by atoms with Crippen LogP contribution in [0.25, 0.3) is 27.7 Å². The number of allylic oxidation sites excluding steroid dienone is 3. The smallest absolute Gasteiger partial charge is 0.219 e. The number of nitrogen functional groups attached to an aromatic ring is 1. The highest BCUT2D eigenvalue weighted by atomic mass is 16.3. The zero-order valence-corrected chi connectivity index (χ0v) is 19.9. The van der Waals surface area contributed by atoms with E-state index in [1.165, 1.54) is 5.57 Å². The summed E-state index contributed by atoms with van der Waals surface area (Å²) in [6, 6.07) is 2.45. The first-order valence-electron chi connectivity index (χ1n) is 12.1. The standard InChI is InChI=1S/C27H28N6O2/c1-16-4-3-5-18-10-19(12-29-25(16)18)24-11-22-23(14-30-27(28)26(22)35-24)20-13-31-33(15-20)21-6-8-32(9-7-21)17(2)34/h3-5,10-16,21,25H,6-9H2,1-2H3,(H2,28,30). The van der Waals surface area contributed by atoms with E-state index in [1.807, 2.05) is 28.1 Å². The number of rotatable bonds is 3. The van der Waals surface area contributed by atoms with Crippen molar-refractivity contribution in [1.29, 1.82) is 0 Å². The molecule has 5 heterocycles. The molecule has 0 saturated carbocycles. The molecule has 2 atom stereocenters. The van der Waals surface area contributed by atoms with Crippen LogP contribution >= 0.6 is 0 Å². The molecular weight excluding hydrogens is 440 g/mol. The van der Waals surface area contributed by atoms with Crippen molar-refractivity contribution in [3.05, 3.63) is 60.3 Å². The number of carbonyl (C=O) groups is 1. The van der Waals surface area contributed by atoms with Gasteiger partial charge >= 0.3 is 0 Å². The molecule has 2 unspecified atom stereocenters. The average molecular weight is 469 g/mol. The average Bonchev–Trinajstić information content (AvgIpc) is 3.53. The van der Waals surface area contributed by atoms with Gasteiger partial charge in [0.05, 0.1) is 18.3 Å². The first-order chi connectivity index (χ1) is 17.0. The Morgan fingerprint density at radius 3 is 2.86 bits per heavy atom. The number of aromatic nitrogens is 3. The van der Waals surface area contributed by atoms with Crippen molar-refractivity contribution >= 4 is 34.5 Å². The second kappa shape index (κ2) is 8.37. The lowest BCUT2D eigenvalue weighted by Gasteiger charge is -2.31. The number of nitrogens with two attached hydrogens (primary N) is 1. The second-order valence-corrected chi connectivity index (χ2v) is 9.59. The van der Waals surface area contributed by atoms with Gasteiger partial charge in [-0.2, -0.15) is 5.10 Å². The number of furan rings is 1. The molecule has 8 nitrogen and oxygen atoms in total. The Kier molecular flexibility index (Phi) is 5.16. The molecular formula is C27H28N6O2. The lowest BCUT2D eigenvalue weighted by atomic mass is 9.87. The van der Waals surface area contributed by atoms with Crippen LogP contribution in [0.1, 0.15) is 38.5 Å². The van der Waals surface area contributed by atoms with Crippen LogP contribution < -0.4 is 5.73 Å². The van der Waals surface area contributed by atoms with Crippen molar-refractivity contribution in [3.63, 3.8) is 0 Å². The minimum absolute atomic E-state index is 0.134. The molecule has 0 bridgehead atoms. The molecule has 0 aromatic carbocycles. The van der Waals surface area contributed by atoms with E-state index >= 15 is 0 Å². The van der Waals surface area contributed by atoms with E-state index in [0.717, 1.165) is 53.8 Å². The molecule has 8 heteroatoms. The van der Waals surface area contributed by atoms with Gasteiger partial charge in [-0.3, -0.25) is 14.5 Å². The van der Waals surface area contributed by atoms with Crippen LogP contribution in [0.5, 0.6) is 0 Å². The van der Waals surface area contributed by atoms with Crippen molar-refractivity contribution in [2.45, 2.75) is 38.8 Å². The number of fused-ring (bicyclic) bond motifs is 2. The molecule has 1 saturated heterocycles. The Morgan fingerprint density at radius 1 is 1.23 bits per heavy atom. The maximum Gasteiger partial charge on any atom is 0.219 e. The topological polar surface area (TPSA) is 103 Å². The molecule has 3 aliphatic rings. The van der Waals surface area contributed by atoms with Gasteiger partial charge in [0.15, 0.2) is 11.4 Å². The third-order valence-electron chi connectivity index (χ3n) is 7.31. The zero-order chi connectivity index (χ0) is 24.1. The molecule has 2 aliphatic heterocycles. The predicted octanol–water partition coefficient (Wildman–Crippen LogP) is 4.43. The number of likely N-dealkylation sites (tertiary alicyclic amines) is 1. The number of pyridine rings is 1. The van der Waals surface area contributed by atoms with Crippen LogP contribution in [0.3, 0.4) is 0 Å². The number of amides is 1. The van der Waals surface area contributed by atoms with Crippen LogP contribution in [0, 0.1) is 5.92 Å². The minimum Gasteiger partial charge on any atom is -0.452 e. The van der Waals surface area contributed by atoms with Crippen LogP contribution in [-0.4, -0.2) is 50.9 Å². The van der Waals surface area contributed by atoms with Crippen LogP contribution in [-0.2, 0) is 4.79 Å². The number of dihydropyridines is 1. The Bertz CT molecular complexity index is 1430. The van der Waals surface area contributed by atoms with Crippen molar-refractivity contribution in [3.8, 4) is 11.1 Å². The fourth-order valence-electron chi connectivity index (χ4n) is 5.25. The van der Waals surface area contributed by atoms with Gasteiger partial charge < -0.3 is 15.1 Å². The summed E-state index contributed by atoms with van der Waals surface area (Å²) in [7, 11) is 0. The van der Waals surface area contributed by atoms with Gasteiger partial charge in [0.1, 0.15) is 5.76 Å². The normalized spacial score (nSPS) is 22.3. The Hall–Kier alpha value is -3.94. The summed E-state index contributed by atoms with van der Waals surface area (Å²) >= 11 is 0. The molecule has 0 radical (unpaired) electrons. The summed E-state index contributed by atoms with van der Waals surface area (Å²) in [6.07, 6.45) is 17.9. The van der Waals surface area contributed by atoms with Gasteiger partial charge in [-0.25, -0.2) is 4.98 Å². The highest BCUT2D eigenvalue weighted by molar-refractivity contribution is 6.12. The van der Waals surface area contributed by atoms with E-state index in [9.17, 15) is 4.79 Å². The molecule has 1 amide bonds. The van der Waals surface area contributed by atoms with Gasteiger partial charge in [-0.05, 0) is 30.6 Å². The van der Waals surface area contributed by atoms with Crippen molar-refractivity contribution in [2.24, 2.45) is 10.9 Å². The maximum absolute atomic E-state index is 11.6. The zero-order valence-electron chi connectivity index (χ0n) is 19.9. The molecule has 178 valence electrons. The molecule has 35 heavy (non-hydrogen) atoms. The van der Waals surface area contributed by atoms with E-state index < -0.39 is 0 Å². The highest BCUT2D eigenvalue weighted by Gasteiger charge is 2.25. The van der Waals surface area contributed by atoms with E-state index in [4.69, 9.17) is 15.1 Å². The Balaban J connectivity index is 1.32. The molecule has 3 aromatic heterocycles. The molecule has 1 aliphatic carbocycles. The monoisotopic (exact) mass is 468 g/mol. The quantitative estimate of drug-likeness (QED) is 0.613. The summed E-state index contributed by atoms with van der Waals surface area (Å²) in [5, 5.41) is 5.54. The van der Waals surface area contributed by atoms with Crippen LogP contribution in [0.2, 0.25) is 0 Å². The number of piperidine rings is 1. The van der Waals surface area contributed by atoms with E-state index in [1.54, 1.807) is 13.1 Å². The summed E-state index contributed by atoms with van der Waals surface area (Å²) in [4.78, 5) is 22.7. The Morgan fingerprint density at radius 2 is 2.06 bits per heavy atom. The summed E-state index contributed by atoms with van der Waals surface area (Å²) in [5.74, 6) is 1.58.